The zero-order valence-corrected chi connectivity index (χ0v) is 12.7. The van der Waals surface area contributed by atoms with Gasteiger partial charge in [0.1, 0.15) is 5.75 Å². The molecule has 0 aliphatic carbocycles. The number of anilines is 1. The van der Waals surface area contributed by atoms with Gasteiger partial charge in [-0.15, -0.1) is 0 Å². The Bertz CT molecular complexity index is 752. The van der Waals surface area contributed by atoms with Gasteiger partial charge in [0.15, 0.2) is 12.2 Å². The van der Waals surface area contributed by atoms with E-state index in [9.17, 15) is 4.79 Å². The molecule has 0 atom stereocenters. The summed E-state index contributed by atoms with van der Waals surface area (Å²) in [6.45, 7) is 0. The van der Waals surface area contributed by atoms with E-state index >= 15 is 0 Å². The van der Waals surface area contributed by atoms with Crippen molar-refractivity contribution in [3.05, 3.63) is 53.2 Å². The predicted octanol–water partition coefficient (Wildman–Crippen LogP) is 3.59. The van der Waals surface area contributed by atoms with E-state index in [0.717, 1.165) is 11.1 Å². The summed E-state index contributed by atoms with van der Waals surface area (Å²) in [6, 6.07) is 7.35. The van der Waals surface area contributed by atoms with Crippen molar-refractivity contribution >= 4 is 22.9 Å². The minimum atomic E-state index is -0.0622. The fraction of sp³-hybridized carbons (Fsp3) is 0.125. The maximum absolute atomic E-state index is 12.0. The van der Waals surface area contributed by atoms with Crippen LogP contribution in [0.3, 0.4) is 0 Å². The highest BCUT2D eigenvalue weighted by atomic mass is 32.1. The summed E-state index contributed by atoms with van der Waals surface area (Å²) < 4.78 is 10.6. The van der Waals surface area contributed by atoms with Gasteiger partial charge in [0, 0.05) is 11.8 Å². The van der Waals surface area contributed by atoms with Crippen LogP contribution in [0.5, 0.6) is 5.75 Å². The van der Waals surface area contributed by atoms with E-state index in [4.69, 9.17) is 9.15 Å². The second-order valence-electron chi connectivity index (χ2n) is 4.64. The van der Waals surface area contributed by atoms with Gasteiger partial charge in [0.05, 0.1) is 25.3 Å². The molecular weight excluding hydrogens is 300 g/mol. The standard InChI is InChI=1S/C16H14N2O3S/c1-20-14-7-12(2-3-13(14)15-8-17-10-21-15)18-16(19)6-11-4-5-22-9-11/h2-5,7-10H,6H2,1H3,(H,18,19). The van der Waals surface area contributed by atoms with Gasteiger partial charge < -0.3 is 14.5 Å². The summed E-state index contributed by atoms with van der Waals surface area (Å²) in [6.07, 6.45) is 3.34. The van der Waals surface area contributed by atoms with Crippen molar-refractivity contribution in [2.45, 2.75) is 6.42 Å². The molecule has 0 unspecified atom stereocenters. The second kappa shape index (κ2) is 6.44. The van der Waals surface area contributed by atoms with Crippen LogP contribution in [0.4, 0.5) is 5.69 Å². The smallest absolute Gasteiger partial charge is 0.228 e. The predicted molar refractivity (Wildman–Crippen MR) is 85.1 cm³/mol. The van der Waals surface area contributed by atoms with Crippen LogP contribution in [-0.4, -0.2) is 18.0 Å². The Hall–Kier alpha value is -2.60. The van der Waals surface area contributed by atoms with E-state index in [2.05, 4.69) is 10.3 Å². The minimum absolute atomic E-state index is 0.0622. The summed E-state index contributed by atoms with van der Waals surface area (Å²) in [7, 11) is 1.58. The number of ether oxygens (including phenoxy) is 1. The van der Waals surface area contributed by atoms with Crippen LogP contribution in [-0.2, 0) is 11.2 Å². The Kier molecular flexibility index (Phi) is 4.20. The molecule has 22 heavy (non-hydrogen) atoms. The molecule has 1 amide bonds. The third kappa shape index (κ3) is 3.17. The summed E-state index contributed by atoms with van der Waals surface area (Å²) >= 11 is 1.58. The number of rotatable bonds is 5. The highest BCUT2D eigenvalue weighted by Crippen LogP contribution is 2.32. The lowest BCUT2D eigenvalue weighted by Crippen LogP contribution is -2.14. The molecule has 0 bridgehead atoms. The Balaban J connectivity index is 1.76. The summed E-state index contributed by atoms with van der Waals surface area (Å²) in [5, 5.41) is 6.79. The van der Waals surface area contributed by atoms with Crippen molar-refractivity contribution in [3.63, 3.8) is 0 Å². The van der Waals surface area contributed by atoms with E-state index < -0.39 is 0 Å². The van der Waals surface area contributed by atoms with Crippen molar-refractivity contribution in [2.24, 2.45) is 0 Å². The van der Waals surface area contributed by atoms with Crippen LogP contribution < -0.4 is 10.1 Å². The van der Waals surface area contributed by atoms with Crippen LogP contribution in [0.2, 0.25) is 0 Å². The third-order valence-corrected chi connectivity index (χ3v) is 3.86. The van der Waals surface area contributed by atoms with Crippen LogP contribution >= 0.6 is 11.3 Å². The number of methoxy groups -OCH3 is 1. The first-order valence-corrected chi connectivity index (χ1v) is 7.58. The number of nitrogens with one attached hydrogen (secondary N) is 1. The van der Waals surface area contributed by atoms with Crippen molar-refractivity contribution < 1.29 is 13.9 Å². The Morgan fingerprint density at radius 2 is 2.32 bits per heavy atom. The Morgan fingerprint density at radius 3 is 3.00 bits per heavy atom. The van der Waals surface area contributed by atoms with E-state index in [0.29, 0.717) is 23.6 Å². The highest BCUT2D eigenvalue weighted by molar-refractivity contribution is 7.08. The normalized spacial score (nSPS) is 10.4. The molecular formula is C16H14N2O3S. The molecule has 3 aromatic rings. The number of amides is 1. The van der Waals surface area contributed by atoms with Gasteiger partial charge in [-0.25, -0.2) is 4.98 Å². The summed E-state index contributed by atoms with van der Waals surface area (Å²) in [5.41, 5.74) is 2.48. The molecule has 2 heterocycles. The van der Waals surface area contributed by atoms with Gasteiger partial charge in [-0.3, -0.25) is 4.79 Å². The van der Waals surface area contributed by atoms with Gasteiger partial charge in [0.25, 0.3) is 0 Å². The quantitative estimate of drug-likeness (QED) is 0.781. The molecule has 0 saturated carbocycles. The summed E-state index contributed by atoms with van der Waals surface area (Å²) in [5.74, 6) is 1.17. The maximum atomic E-state index is 12.0. The monoisotopic (exact) mass is 314 g/mol. The topological polar surface area (TPSA) is 64.4 Å². The van der Waals surface area contributed by atoms with E-state index in [-0.39, 0.29) is 5.91 Å². The number of hydrogen-bond donors (Lipinski definition) is 1. The van der Waals surface area contributed by atoms with Gasteiger partial charge in [-0.05, 0) is 34.5 Å². The fourth-order valence-electron chi connectivity index (χ4n) is 2.11. The van der Waals surface area contributed by atoms with Gasteiger partial charge in [-0.2, -0.15) is 11.3 Å². The van der Waals surface area contributed by atoms with Crippen molar-refractivity contribution in [1.29, 1.82) is 0 Å². The largest absolute Gasteiger partial charge is 0.496 e. The SMILES string of the molecule is COc1cc(NC(=O)Cc2ccsc2)ccc1-c1cnco1. The number of carbonyl (C=O) groups excluding carboxylic acids is 1. The van der Waals surface area contributed by atoms with Crippen LogP contribution in [0.1, 0.15) is 5.56 Å². The first-order chi connectivity index (χ1) is 10.8. The zero-order chi connectivity index (χ0) is 15.4. The van der Waals surface area contributed by atoms with Gasteiger partial charge in [-0.1, -0.05) is 0 Å². The number of carbonyl (C=O) groups is 1. The van der Waals surface area contributed by atoms with E-state index in [1.807, 2.05) is 29.0 Å². The molecule has 5 nitrogen and oxygen atoms in total. The van der Waals surface area contributed by atoms with Gasteiger partial charge in [0.2, 0.25) is 5.91 Å². The molecule has 6 heteroatoms. The molecule has 0 radical (unpaired) electrons. The lowest BCUT2D eigenvalue weighted by Gasteiger charge is -2.10. The average Bonchev–Trinajstić information content (AvgIpc) is 3.20. The number of benzene rings is 1. The highest BCUT2D eigenvalue weighted by Gasteiger charge is 2.11. The number of oxazole rings is 1. The molecule has 3 rings (SSSR count). The Labute approximate surface area is 131 Å². The van der Waals surface area contributed by atoms with Crippen LogP contribution in [0.15, 0.2) is 52.0 Å². The third-order valence-electron chi connectivity index (χ3n) is 3.13. The summed E-state index contributed by atoms with van der Waals surface area (Å²) in [4.78, 5) is 15.9. The first-order valence-electron chi connectivity index (χ1n) is 6.64. The number of hydrogen-bond acceptors (Lipinski definition) is 5. The van der Waals surface area contributed by atoms with Crippen molar-refractivity contribution in [3.8, 4) is 17.1 Å². The second-order valence-corrected chi connectivity index (χ2v) is 5.42. The minimum Gasteiger partial charge on any atom is -0.496 e. The van der Waals surface area contributed by atoms with Crippen LogP contribution in [0.25, 0.3) is 11.3 Å². The molecule has 1 aromatic carbocycles. The fourth-order valence-corrected chi connectivity index (χ4v) is 2.77. The number of thiophene rings is 1. The maximum Gasteiger partial charge on any atom is 0.228 e. The van der Waals surface area contributed by atoms with Gasteiger partial charge >= 0.3 is 0 Å². The molecule has 0 saturated heterocycles. The molecule has 1 N–H and O–H groups in total. The molecule has 2 aromatic heterocycles. The molecule has 112 valence electrons. The number of aromatic nitrogens is 1. The molecule has 0 fully saturated rings. The zero-order valence-electron chi connectivity index (χ0n) is 11.9. The lowest BCUT2D eigenvalue weighted by molar-refractivity contribution is -0.115. The molecule has 0 spiro atoms. The molecule has 0 aliphatic heterocycles. The van der Waals surface area contributed by atoms with Crippen molar-refractivity contribution in [1.82, 2.24) is 4.98 Å². The lowest BCUT2D eigenvalue weighted by atomic mass is 10.1. The Morgan fingerprint density at radius 1 is 1.41 bits per heavy atom. The van der Waals surface area contributed by atoms with E-state index in [1.165, 1.54) is 6.39 Å². The average molecular weight is 314 g/mol. The van der Waals surface area contributed by atoms with E-state index in [1.54, 1.807) is 30.7 Å². The van der Waals surface area contributed by atoms with Crippen molar-refractivity contribution in [2.75, 3.05) is 12.4 Å². The van der Waals surface area contributed by atoms with Crippen LogP contribution in [0, 0.1) is 0 Å². The number of nitrogens with zero attached hydrogens (tertiary/aromatic N) is 1. The molecule has 0 aliphatic rings. The first kappa shape index (κ1) is 14.3.